The molecule has 0 fully saturated rings. The quantitative estimate of drug-likeness (QED) is 0.780. The summed E-state index contributed by atoms with van der Waals surface area (Å²) in [5.41, 5.74) is 1.28. The van der Waals surface area contributed by atoms with Gasteiger partial charge in [0, 0.05) is 24.3 Å². The highest BCUT2D eigenvalue weighted by atomic mass is 15.3. The van der Waals surface area contributed by atoms with E-state index >= 15 is 0 Å². The summed E-state index contributed by atoms with van der Waals surface area (Å²) in [5.74, 6) is 0.701. The van der Waals surface area contributed by atoms with Gasteiger partial charge in [0.15, 0.2) is 0 Å². The molecule has 0 aliphatic rings. The number of rotatable bonds is 6. The summed E-state index contributed by atoms with van der Waals surface area (Å²) in [6.45, 7) is 10.8. The van der Waals surface area contributed by atoms with Crippen molar-refractivity contribution < 1.29 is 0 Å². The van der Waals surface area contributed by atoms with E-state index < -0.39 is 0 Å². The first kappa shape index (κ1) is 12.2. The third-order valence-corrected chi connectivity index (χ3v) is 2.86. The molecule has 2 unspecified atom stereocenters. The van der Waals surface area contributed by atoms with Crippen LogP contribution in [0.2, 0.25) is 0 Å². The Morgan fingerprint density at radius 2 is 2.13 bits per heavy atom. The maximum atomic E-state index is 4.38. The van der Waals surface area contributed by atoms with Crippen LogP contribution >= 0.6 is 0 Å². The molecular formula is C12H23N3. The molecular weight excluding hydrogens is 186 g/mol. The molecule has 0 bridgehead atoms. The lowest BCUT2D eigenvalue weighted by atomic mass is 10.1. The SMILES string of the molecule is CCNC(C)c1cnn(CC(C)CC)c1. The van der Waals surface area contributed by atoms with Crippen molar-refractivity contribution in [2.75, 3.05) is 6.54 Å². The summed E-state index contributed by atoms with van der Waals surface area (Å²) in [6.07, 6.45) is 5.33. The van der Waals surface area contributed by atoms with Gasteiger partial charge in [-0.2, -0.15) is 5.10 Å². The predicted molar refractivity (Wildman–Crippen MR) is 63.8 cm³/mol. The van der Waals surface area contributed by atoms with Crippen molar-refractivity contribution in [3.63, 3.8) is 0 Å². The molecule has 0 spiro atoms. The van der Waals surface area contributed by atoms with Crippen molar-refractivity contribution in [1.29, 1.82) is 0 Å². The fourth-order valence-electron chi connectivity index (χ4n) is 1.58. The Bertz CT molecular complexity index is 280. The van der Waals surface area contributed by atoms with Crippen molar-refractivity contribution in [3.8, 4) is 0 Å². The molecule has 1 aromatic rings. The van der Waals surface area contributed by atoms with Crippen LogP contribution in [-0.2, 0) is 6.54 Å². The highest BCUT2D eigenvalue weighted by molar-refractivity contribution is 5.09. The van der Waals surface area contributed by atoms with Gasteiger partial charge in [-0.05, 0) is 19.4 Å². The van der Waals surface area contributed by atoms with E-state index in [9.17, 15) is 0 Å². The van der Waals surface area contributed by atoms with Gasteiger partial charge >= 0.3 is 0 Å². The summed E-state index contributed by atoms with van der Waals surface area (Å²) in [5, 5.41) is 7.77. The maximum Gasteiger partial charge on any atom is 0.0537 e. The smallest absolute Gasteiger partial charge is 0.0537 e. The van der Waals surface area contributed by atoms with Crippen molar-refractivity contribution in [3.05, 3.63) is 18.0 Å². The predicted octanol–water partition coefficient (Wildman–Crippen LogP) is 2.60. The maximum absolute atomic E-state index is 4.38. The van der Waals surface area contributed by atoms with Crippen LogP contribution in [0.25, 0.3) is 0 Å². The summed E-state index contributed by atoms with van der Waals surface area (Å²) < 4.78 is 2.05. The van der Waals surface area contributed by atoms with E-state index in [1.807, 2.05) is 6.20 Å². The minimum Gasteiger partial charge on any atom is -0.310 e. The van der Waals surface area contributed by atoms with Crippen LogP contribution in [0.15, 0.2) is 12.4 Å². The first-order valence-electron chi connectivity index (χ1n) is 5.93. The molecule has 3 heteroatoms. The summed E-state index contributed by atoms with van der Waals surface area (Å²) in [7, 11) is 0. The molecule has 0 saturated carbocycles. The topological polar surface area (TPSA) is 29.9 Å². The van der Waals surface area contributed by atoms with Crippen molar-refractivity contribution in [2.24, 2.45) is 5.92 Å². The molecule has 0 radical (unpaired) electrons. The second-order valence-electron chi connectivity index (χ2n) is 4.29. The number of nitrogens with zero attached hydrogens (tertiary/aromatic N) is 2. The standard InChI is InChI=1S/C12H23N3/c1-5-10(3)8-15-9-12(7-14-15)11(4)13-6-2/h7,9-11,13H,5-6,8H2,1-4H3. The van der Waals surface area contributed by atoms with Gasteiger partial charge in [-0.25, -0.2) is 0 Å². The highest BCUT2D eigenvalue weighted by Gasteiger charge is 2.07. The normalized spacial score (nSPS) is 15.2. The molecule has 0 aromatic carbocycles. The van der Waals surface area contributed by atoms with Crippen LogP contribution in [-0.4, -0.2) is 16.3 Å². The van der Waals surface area contributed by atoms with E-state index in [0.29, 0.717) is 12.0 Å². The van der Waals surface area contributed by atoms with Gasteiger partial charge in [0.05, 0.1) is 6.20 Å². The van der Waals surface area contributed by atoms with Crippen LogP contribution < -0.4 is 5.32 Å². The lowest BCUT2D eigenvalue weighted by Crippen LogP contribution is -2.17. The van der Waals surface area contributed by atoms with Crippen LogP contribution in [0.4, 0.5) is 0 Å². The largest absolute Gasteiger partial charge is 0.310 e. The van der Waals surface area contributed by atoms with E-state index in [-0.39, 0.29) is 0 Å². The van der Waals surface area contributed by atoms with Gasteiger partial charge in [0.25, 0.3) is 0 Å². The molecule has 0 aliphatic carbocycles. The van der Waals surface area contributed by atoms with Crippen molar-refractivity contribution in [2.45, 2.75) is 46.7 Å². The zero-order valence-corrected chi connectivity index (χ0v) is 10.3. The van der Waals surface area contributed by atoms with Gasteiger partial charge in [-0.15, -0.1) is 0 Å². The van der Waals surface area contributed by atoms with Crippen molar-refractivity contribution in [1.82, 2.24) is 15.1 Å². The molecule has 15 heavy (non-hydrogen) atoms. The minimum atomic E-state index is 0.403. The number of hydrogen-bond donors (Lipinski definition) is 1. The zero-order chi connectivity index (χ0) is 11.3. The molecule has 2 atom stereocenters. The van der Waals surface area contributed by atoms with E-state index in [1.165, 1.54) is 12.0 Å². The molecule has 0 saturated heterocycles. The second kappa shape index (κ2) is 5.91. The number of nitrogens with one attached hydrogen (secondary N) is 1. The average molecular weight is 209 g/mol. The van der Waals surface area contributed by atoms with E-state index in [1.54, 1.807) is 0 Å². The molecule has 3 nitrogen and oxygen atoms in total. The molecule has 86 valence electrons. The van der Waals surface area contributed by atoms with Gasteiger partial charge in [-0.1, -0.05) is 27.2 Å². The van der Waals surface area contributed by atoms with E-state index in [4.69, 9.17) is 0 Å². The van der Waals surface area contributed by atoms with Crippen LogP contribution in [0.5, 0.6) is 0 Å². The minimum absolute atomic E-state index is 0.403. The van der Waals surface area contributed by atoms with Gasteiger partial charge < -0.3 is 5.32 Å². The van der Waals surface area contributed by atoms with Crippen LogP contribution in [0.3, 0.4) is 0 Å². The molecule has 1 heterocycles. The third-order valence-electron chi connectivity index (χ3n) is 2.86. The summed E-state index contributed by atoms with van der Waals surface area (Å²) in [6, 6.07) is 0.403. The Labute approximate surface area is 92.9 Å². The highest BCUT2D eigenvalue weighted by Crippen LogP contribution is 2.12. The van der Waals surface area contributed by atoms with E-state index in [2.05, 4.69) is 49.0 Å². The lowest BCUT2D eigenvalue weighted by molar-refractivity contribution is 0.438. The number of aromatic nitrogens is 2. The Balaban J connectivity index is 2.55. The fourth-order valence-corrected chi connectivity index (χ4v) is 1.58. The van der Waals surface area contributed by atoms with Crippen LogP contribution in [0.1, 0.15) is 45.7 Å². The molecule has 1 aromatic heterocycles. The molecule has 1 rings (SSSR count). The summed E-state index contributed by atoms with van der Waals surface area (Å²) in [4.78, 5) is 0. The lowest BCUT2D eigenvalue weighted by Gasteiger charge is -2.10. The molecule has 1 N–H and O–H groups in total. The average Bonchev–Trinajstić information content (AvgIpc) is 2.66. The first-order chi connectivity index (χ1) is 7.17. The van der Waals surface area contributed by atoms with Crippen LogP contribution in [0, 0.1) is 5.92 Å². The Morgan fingerprint density at radius 3 is 2.73 bits per heavy atom. The zero-order valence-electron chi connectivity index (χ0n) is 10.3. The Morgan fingerprint density at radius 1 is 1.40 bits per heavy atom. The van der Waals surface area contributed by atoms with Gasteiger partial charge in [0.1, 0.15) is 0 Å². The molecule has 0 amide bonds. The Kier molecular flexibility index (Phi) is 4.82. The molecule has 0 aliphatic heterocycles. The Hall–Kier alpha value is -0.830. The van der Waals surface area contributed by atoms with Gasteiger partial charge in [-0.3, -0.25) is 4.68 Å². The van der Waals surface area contributed by atoms with E-state index in [0.717, 1.165) is 13.1 Å². The summed E-state index contributed by atoms with van der Waals surface area (Å²) >= 11 is 0. The first-order valence-corrected chi connectivity index (χ1v) is 5.93. The second-order valence-corrected chi connectivity index (χ2v) is 4.29. The van der Waals surface area contributed by atoms with Crippen molar-refractivity contribution >= 4 is 0 Å². The fraction of sp³-hybridized carbons (Fsp3) is 0.750. The van der Waals surface area contributed by atoms with Gasteiger partial charge in [0.2, 0.25) is 0 Å². The number of hydrogen-bond acceptors (Lipinski definition) is 2. The monoisotopic (exact) mass is 209 g/mol. The third kappa shape index (κ3) is 3.67.